The Bertz CT molecular complexity index is 859. The summed E-state index contributed by atoms with van der Waals surface area (Å²) < 4.78 is 0. The minimum absolute atomic E-state index is 0.962. The van der Waals surface area contributed by atoms with Crippen molar-refractivity contribution in [3.8, 4) is 11.1 Å². The number of nitrogens with zero attached hydrogens (tertiary/aromatic N) is 3. The van der Waals surface area contributed by atoms with Crippen molar-refractivity contribution in [2.24, 2.45) is 0 Å². The molecule has 3 nitrogen and oxygen atoms in total. The van der Waals surface area contributed by atoms with Gasteiger partial charge in [0.25, 0.3) is 0 Å². The van der Waals surface area contributed by atoms with E-state index in [4.69, 9.17) is 4.98 Å². The smallest absolute Gasteiger partial charge is 0.147 e. The molecule has 0 bridgehead atoms. The number of piperidine rings is 1. The van der Waals surface area contributed by atoms with Gasteiger partial charge in [-0.1, -0.05) is 35.4 Å². The predicted octanol–water partition coefficient (Wildman–Crippen LogP) is 4.90. The maximum Gasteiger partial charge on any atom is 0.147 e. The van der Waals surface area contributed by atoms with Gasteiger partial charge in [0, 0.05) is 13.1 Å². The Hall–Kier alpha value is -2.42. The molecule has 24 heavy (non-hydrogen) atoms. The van der Waals surface area contributed by atoms with Gasteiger partial charge in [-0.3, -0.25) is 4.98 Å². The molecule has 3 heteroatoms. The Balaban J connectivity index is 1.75. The summed E-state index contributed by atoms with van der Waals surface area (Å²) in [5.41, 5.74) is 6.98. The van der Waals surface area contributed by atoms with Gasteiger partial charge >= 0.3 is 0 Å². The highest BCUT2D eigenvalue weighted by molar-refractivity contribution is 5.82. The van der Waals surface area contributed by atoms with Crippen LogP contribution >= 0.6 is 0 Å². The van der Waals surface area contributed by atoms with E-state index in [1.165, 1.54) is 41.5 Å². The lowest BCUT2D eigenvalue weighted by atomic mass is 10.0. The molecule has 0 spiro atoms. The quantitative estimate of drug-likeness (QED) is 0.673. The van der Waals surface area contributed by atoms with Crippen LogP contribution in [0.25, 0.3) is 22.2 Å². The first kappa shape index (κ1) is 15.1. The van der Waals surface area contributed by atoms with Crippen LogP contribution in [0.15, 0.2) is 42.6 Å². The number of rotatable bonds is 2. The van der Waals surface area contributed by atoms with E-state index in [0.717, 1.165) is 29.9 Å². The van der Waals surface area contributed by atoms with Crippen LogP contribution in [0.4, 0.5) is 5.82 Å². The molecule has 0 radical (unpaired) electrons. The van der Waals surface area contributed by atoms with Crippen molar-refractivity contribution in [1.82, 2.24) is 9.97 Å². The van der Waals surface area contributed by atoms with Crippen molar-refractivity contribution < 1.29 is 0 Å². The first-order valence-corrected chi connectivity index (χ1v) is 8.79. The van der Waals surface area contributed by atoms with Crippen LogP contribution in [0.2, 0.25) is 0 Å². The molecule has 2 aromatic carbocycles. The maximum atomic E-state index is 4.89. The number of benzene rings is 2. The Kier molecular flexibility index (Phi) is 3.93. The number of aryl methyl sites for hydroxylation is 2. The van der Waals surface area contributed by atoms with Gasteiger partial charge in [-0.15, -0.1) is 0 Å². The predicted molar refractivity (Wildman–Crippen MR) is 101 cm³/mol. The number of anilines is 1. The second-order valence-electron chi connectivity index (χ2n) is 6.86. The minimum atomic E-state index is 0.962. The highest BCUT2D eigenvalue weighted by Crippen LogP contribution is 2.26. The summed E-state index contributed by atoms with van der Waals surface area (Å²) in [6.07, 6.45) is 5.75. The van der Waals surface area contributed by atoms with E-state index in [0.29, 0.717) is 0 Å². The Labute approximate surface area is 143 Å². The zero-order valence-electron chi connectivity index (χ0n) is 14.4. The standard InChI is InChI=1S/C21H23N3/c1-15-10-16(2)12-18(11-15)17-6-7-19-20(13-17)23-21(14-22-19)24-8-4-3-5-9-24/h6-7,10-14H,3-5,8-9H2,1-2H3. The van der Waals surface area contributed by atoms with Gasteiger partial charge in [-0.2, -0.15) is 0 Å². The van der Waals surface area contributed by atoms with Crippen LogP contribution in [0.1, 0.15) is 30.4 Å². The van der Waals surface area contributed by atoms with Crippen molar-refractivity contribution >= 4 is 16.9 Å². The summed E-state index contributed by atoms with van der Waals surface area (Å²) in [5, 5.41) is 0. The fourth-order valence-corrected chi connectivity index (χ4v) is 3.60. The average Bonchev–Trinajstić information content (AvgIpc) is 2.61. The summed E-state index contributed by atoms with van der Waals surface area (Å²) in [6.45, 7) is 6.48. The molecule has 0 aliphatic carbocycles. The zero-order valence-corrected chi connectivity index (χ0v) is 14.4. The number of aromatic nitrogens is 2. The number of fused-ring (bicyclic) bond motifs is 1. The van der Waals surface area contributed by atoms with E-state index in [9.17, 15) is 0 Å². The van der Waals surface area contributed by atoms with Crippen molar-refractivity contribution in [2.75, 3.05) is 18.0 Å². The van der Waals surface area contributed by atoms with Gasteiger partial charge < -0.3 is 4.90 Å². The van der Waals surface area contributed by atoms with Crippen molar-refractivity contribution in [1.29, 1.82) is 0 Å². The molecule has 1 aliphatic rings. The normalized spacial score (nSPS) is 15.0. The van der Waals surface area contributed by atoms with E-state index >= 15 is 0 Å². The molecule has 1 aromatic heterocycles. The van der Waals surface area contributed by atoms with E-state index in [1.807, 2.05) is 6.20 Å². The van der Waals surface area contributed by atoms with Gasteiger partial charge in [-0.05, 0) is 56.4 Å². The van der Waals surface area contributed by atoms with Crippen molar-refractivity contribution in [3.63, 3.8) is 0 Å². The van der Waals surface area contributed by atoms with Gasteiger partial charge in [0.05, 0.1) is 17.2 Å². The minimum Gasteiger partial charge on any atom is -0.355 e. The molecule has 2 heterocycles. The molecule has 0 amide bonds. The molecule has 3 aromatic rings. The lowest BCUT2D eigenvalue weighted by Crippen LogP contribution is -2.30. The van der Waals surface area contributed by atoms with E-state index < -0.39 is 0 Å². The number of hydrogen-bond donors (Lipinski definition) is 0. The van der Waals surface area contributed by atoms with Gasteiger partial charge in [0.2, 0.25) is 0 Å². The van der Waals surface area contributed by atoms with Crippen LogP contribution < -0.4 is 4.90 Å². The molecule has 4 rings (SSSR count). The molecular formula is C21H23N3. The van der Waals surface area contributed by atoms with Crippen LogP contribution in [0.3, 0.4) is 0 Å². The molecule has 1 fully saturated rings. The van der Waals surface area contributed by atoms with Crippen LogP contribution in [-0.4, -0.2) is 23.1 Å². The lowest BCUT2D eigenvalue weighted by molar-refractivity contribution is 0.573. The van der Waals surface area contributed by atoms with E-state index in [-0.39, 0.29) is 0 Å². The van der Waals surface area contributed by atoms with Crippen molar-refractivity contribution in [2.45, 2.75) is 33.1 Å². The molecule has 122 valence electrons. The fourth-order valence-electron chi connectivity index (χ4n) is 3.60. The van der Waals surface area contributed by atoms with Gasteiger partial charge in [-0.25, -0.2) is 4.98 Å². The summed E-state index contributed by atoms with van der Waals surface area (Å²) in [4.78, 5) is 11.9. The second-order valence-corrected chi connectivity index (χ2v) is 6.86. The number of hydrogen-bond acceptors (Lipinski definition) is 3. The van der Waals surface area contributed by atoms with Crippen LogP contribution in [-0.2, 0) is 0 Å². The highest BCUT2D eigenvalue weighted by atomic mass is 15.2. The second kappa shape index (κ2) is 6.23. The topological polar surface area (TPSA) is 29.0 Å². The Morgan fingerprint density at radius 1 is 0.792 bits per heavy atom. The molecule has 1 aliphatic heterocycles. The first-order chi connectivity index (χ1) is 11.7. The van der Waals surface area contributed by atoms with Crippen LogP contribution in [0, 0.1) is 13.8 Å². The Morgan fingerprint density at radius 3 is 2.29 bits per heavy atom. The zero-order chi connectivity index (χ0) is 16.5. The third-order valence-electron chi connectivity index (χ3n) is 4.76. The van der Waals surface area contributed by atoms with Gasteiger partial charge in [0.1, 0.15) is 5.82 Å². The summed E-state index contributed by atoms with van der Waals surface area (Å²) in [5.74, 6) is 1.01. The first-order valence-electron chi connectivity index (χ1n) is 8.79. The Morgan fingerprint density at radius 2 is 1.54 bits per heavy atom. The van der Waals surface area contributed by atoms with Crippen LogP contribution in [0.5, 0.6) is 0 Å². The summed E-state index contributed by atoms with van der Waals surface area (Å²) >= 11 is 0. The highest BCUT2D eigenvalue weighted by Gasteiger charge is 2.13. The molecule has 0 unspecified atom stereocenters. The van der Waals surface area contributed by atoms with E-state index in [1.54, 1.807) is 0 Å². The lowest BCUT2D eigenvalue weighted by Gasteiger charge is -2.27. The summed E-state index contributed by atoms with van der Waals surface area (Å²) in [7, 11) is 0. The fraction of sp³-hybridized carbons (Fsp3) is 0.333. The van der Waals surface area contributed by atoms with Crippen molar-refractivity contribution in [3.05, 3.63) is 53.7 Å². The molecule has 0 N–H and O–H groups in total. The average molecular weight is 317 g/mol. The van der Waals surface area contributed by atoms with Gasteiger partial charge in [0.15, 0.2) is 0 Å². The molecule has 0 atom stereocenters. The molecule has 0 saturated carbocycles. The third kappa shape index (κ3) is 2.99. The summed E-state index contributed by atoms with van der Waals surface area (Å²) in [6, 6.07) is 13.1. The molecular weight excluding hydrogens is 294 g/mol. The molecule has 1 saturated heterocycles. The SMILES string of the molecule is Cc1cc(C)cc(-c2ccc3ncc(N4CCCCC4)nc3c2)c1. The largest absolute Gasteiger partial charge is 0.355 e. The maximum absolute atomic E-state index is 4.89. The van der Waals surface area contributed by atoms with E-state index in [2.05, 4.69) is 60.1 Å². The monoisotopic (exact) mass is 317 g/mol. The third-order valence-corrected chi connectivity index (χ3v) is 4.76.